The number of hydrogen-bond acceptors (Lipinski definition) is 5. The molecule has 112 valence electrons. The highest BCUT2D eigenvalue weighted by molar-refractivity contribution is 6.28. The van der Waals surface area contributed by atoms with Crippen molar-refractivity contribution in [3.8, 4) is 0 Å². The van der Waals surface area contributed by atoms with E-state index in [2.05, 4.69) is 38.6 Å². The lowest BCUT2D eigenvalue weighted by molar-refractivity contribution is 0.549. The zero-order chi connectivity index (χ0) is 14.4. The van der Waals surface area contributed by atoms with Crippen LogP contribution in [0.5, 0.6) is 0 Å². The number of nitrogens with zero attached hydrogens (tertiary/aromatic N) is 5. The standard InChI is InChI=1S/C14H24ClN5/c1-3-19(4-2)13-16-12(15)17-14(18-13)20-10-8-6-5-7-9-11-20/h3-11H2,1-2H3. The minimum Gasteiger partial charge on any atom is -0.341 e. The molecule has 0 amide bonds. The summed E-state index contributed by atoms with van der Waals surface area (Å²) in [6, 6.07) is 0. The molecule has 0 saturated carbocycles. The van der Waals surface area contributed by atoms with Gasteiger partial charge in [0, 0.05) is 26.2 Å². The summed E-state index contributed by atoms with van der Waals surface area (Å²) in [5, 5.41) is 0.291. The highest BCUT2D eigenvalue weighted by Crippen LogP contribution is 2.19. The Hall–Kier alpha value is -1.10. The highest BCUT2D eigenvalue weighted by atomic mass is 35.5. The van der Waals surface area contributed by atoms with Gasteiger partial charge in [-0.15, -0.1) is 0 Å². The Kier molecular flexibility index (Phi) is 5.83. The first-order valence-electron chi connectivity index (χ1n) is 7.66. The summed E-state index contributed by atoms with van der Waals surface area (Å²) < 4.78 is 0. The van der Waals surface area contributed by atoms with Gasteiger partial charge < -0.3 is 9.80 Å². The highest BCUT2D eigenvalue weighted by Gasteiger charge is 2.16. The molecule has 0 aliphatic carbocycles. The molecule has 0 atom stereocenters. The SMILES string of the molecule is CCN(CC)c1nc(Cl)nc(N2CCCCCCC2)n1. The van der Waals surface area contributed by atoms with Gasteiger partial charge in [-0.2, -0.15) is 15.0 Å². The van der Waals surface area contributed by atoms with Crippen LogP contribution >= 0.6 is 11.6 Å². The first-order chi connectivity index (χ1) is 9.74. The molecule has 1 aliphatic heterocycles. The molecule has 0 aromatic carbocycles. The predicted octanol–water partition coefficient (Wildman–Crippen LogP) is 3.14. The average Bonchev–Trinajstić information content (AvgIpc) is 2.39. The van der Waals surface area contributed by atoms with Gasteiger partial charge in [0.05, 0.1) is 0 Å². The summed E-state index contributed by atoms with van der Waals surface area (Å²) >= 11 is 6.08. The molecule has 0 N–H and O–H groups in total. The average molecular weight is 298 g/mol. The van der Waals surface area contributed by atoms with Crippen LogP contribution in [-0.2, 0) is 0 Å². The fourth-order valence-electron chi connectivity index (χ4n) is 2.57. The van der Waals surface area contributed by atoms with E-state index in [-0.39, 0.29) is 0 Å². The van der Waals surface area contributed by atoms with Gasteiger partial charge >= 0.3 is 0 Å². The van der Waals surface area contributed by atoms with E-state index in [0.29, 0.717) is 11.2 Å². The maximum atomic E-state index is 6.08. The molecule has 0 unspecified atom stereocenters. The normalized spacial score (nSPS) is 16.6. The summed E-state index contributed by atoms with van der Waals surface area (Å²) in [5.41, 5.74) is 0. The van der Waals surface area contributed by atoms with E-state index in [1.54, 1.807) is 0 Å². The van der Waals surface area contributed by atoms with Gasteiger partial charge in [-0.05, 0) is 38.3 Å². The first-order valence-corrected chi connectivity index (χ1v) is 8.03. The molecule has 2 heterocycles. The molecule has 1 aliphatic rings. The van der Waals surface area contributed by atoms with Gasteiger partial charge in [0.1, 0.15) is 0 Å². The molecule has 1 saturated heterocycles. The van der Waals surface area contributed by atoms with Crippen LogP contribution in [0.4, 0.5) is 11.9 Å². The van der Waals surface area contributed by atoms with Crippen molar-refractivity contribution in [3.63, 3.8) is 0 Å². The topological polar surface area (TPSA) is 45.2 Å². The molecular formula is C14H24ClN5. The molecule has 0 radical (unpaired) electrons. The molecule has 0 bridgehead atoms. The van der Waals surface area contributed by atoms with Crippen molar-refractivity contribution in [2.75, 3.05) is 36.0 Å². The Morgan fingerprint density at radius 1 is 0.950 bits per heavy atom. The predicted molar refractivity (Wildman–Crippen MR) is 83.7 cm³/mol. The molecule has 2 rings (SSSR count). The van der Waals surface area contributed by atoms with Crippen LogP contribution in [0.2, 0.25) is 5.28 Å². The number of aromatic nitrogens is 3. The van der Waals surface area contributed by atoms with Crippen LogP contribution in [0.1, 0.15) is 46.0 Å². The summed E-state index contributed by atoms with van der Waals surface area (Å²) in [6.07, 6.45) is 6.32. The van der Waals surface area contributed by atoms with E-state index in [1.807, 2.05) is 0 Å². The number of anilines is 2. The number of hydrogen-bond donors (Lipinski definition) is 0. The zero-order valence-corrected chi connectivity index (χ0v) is 13.2. The zero-order valence-electron chi connectivity index (χ0n) is 12.5. The van der Waals surface area contributed by atoms with Gasteiger partial charge in [0.2, 0.25) is 17.2 Å². The van der Waals surface area contributed by atoms with Gasteiger partial charge in [0.15, 0.2) is 0 Å². The molecule has 5 nitrogen and oxygen atoms in total. The lowest BCUT2D eigenvalue weighted by Crippen LogP contribution is -2.31. The Bertz CT molecular complexity index is 414. The second kappa shape index (κ2) is 7.62. The third-order valence-corrected chi connectivity index (χ3v) is 3.94. The maximum absolute atomic E-state index is 6.08. The molecule has 6 heteroatoms. The fourth-order valence-corrected chi connectivity index (χ4v) is 2.72. The first kappa shape index (κ1) is 15.3. The van der Waals surface area contributed by atoms with Crippen LogP contribution in [0.3, 0.4) is 0 Å². The second-order valence-corrected chi connectivity index (χ2v) is 5.47. The van der Waals surface area contributed by atoms with Crippen molar-refractivity contribution >= 4 is 23.5 Å². The maximum Gasteiger partial charge on any atom is 0.231 e. The van der Waals surface area contributed by atoms with Gasteiger partial charge in [-0.1, -0.05) is 19.3 Å². The van der Waals surface area contributed by atoms with Crippen LogP contribution in [0, 0.1) is 0 Å². The lowest BCUT2D eigenvalue weighted by Gasteiger charge is -2.26. The molecule has 1 aromatic heterocycles. The summed E-state index contributed by atoms with van der Waals surface area (Å²) in [4.78, 5) is 17.5. The Labute approximate surface area is 126 Å². The van der Waals surface area contributed by atoms with Crippen LogP contribution in [0.15, 0.2) is 0 Å². The number of halogens is 1. The number of rotatable bonds is 4. The minimum absolute atomic E-state index is 0.291. The van der Waals surface area contributed by atoms with Crippen LogP contribution < -0.4 is 9.80 Å². The van der Waals surface area contributed by atoms with Gasteiger partial charge in [-0.25, -0.2) is 0 Å². The molecule has 1 aromatic rings. The van der Waals surface area contributed by atoms with Crippen LogP contribution in [-0.4, -0.2) is 41.1 Å². The van der Waals surface area contributed by atoms with E-state index < -0.39 is 0 Å². The Morgan fingerprint density at radius 2 is 1.55 bits per heavy atom. The van der Waals surface area contributed by atoms with Crippen molar-refractivity contribution in [1.82, 2.24) is 15.0 Å². The molecular weight excluding hydrogens is 274 g/mol. The second-order valence-electron chi connectivity index (χ2n) is 5.13. The Balaban J connectivity index is 2.21. The van der Waals surface area contributed by atoms with E-state index in [4.69, 9.17) is 11.6 Å². The smallest absolute Gasteiger partial charge is 0.231 e. The third kappa shape index (κ3) is 3.95. The van der Waals surface area contributed by atoms with Crippen molar-refractivity contribution in [2.45, 2.75) is 46.0 Å². The van der Waals surface area contributed by atoms with Crippen molar-refractivity contribution in [3.05, 3.63) is 5.28 Å². The molecule has 1 fully saturated rings. The fraction of sp³-hybridized carbons (Fsp3) is 0.786. The lowest BCUT2D eigenvalue weighted by atomic mass is 10.1. The van der Waals surface area contributed by atoms with Crippen LogP contribution in [0.25, 0.3) is 0 Å². The monoisotopic (exact) mass is 297 g/mol. The van der Waals surface area contributed by atoms with Crippen molar-refractivity contribution < 1.29 is 0 Å². The van der Waals surface area contributed by atoms with E-state index in [9.17, 15) is 0 Å². The summed E-state index contributed by atoms with van der Waals surface area (Å²) in [6.45, 7) is 7.95. The van der Waals surface area contributed by atoms with Crippen molar-refractivity contribution in [2.24, 2.45) is 0 Å². The summed E-state index contributed by atoms with van der Waals surface area (Å²) in [5.74, 6) is 1.42. The van der Waals surface area contributed by atoms with E-state index in [0.717, 1.165) is 32.1 Å². The van der Waals surface area contributed by atoms with Gasteiger partial charge in [-0.3, -0.25) is 0 Å². The molecule has 0 spiro atoms. The Morgan fingerprint density at radius 3 is 2.15 bits per heavy atom. The third-order valence-electron chi connectivity index (χ3n) is 3.77. The largest absolute Gasteiger partial charge is 0.341 e. The van der Waals surface area contributed by atoms with Gasteiger partial charge in [0.25, 0.3) is 0 Å². The van der Waals surface area contributed by atoms with Crippen molar-refractivity contribution in [1.29, 1.82) is 0 Å². The minimum atomic E-state index is 0.291. The van der Waals surface area contributed by atoms with E-state index in [1.165, 1.54) is 32.1 Å². The molecule has 20 heavy (non-hydrogen) atoms. The van der Waals surface area contributed by atoms with E-state index >= 15 is 0 Å². The summed E-state index contributed by atoms with van der Waals surface area (Å²) in [7, 11) is 0. The quantitative estimate of drug-likeness (QED) is 0.854.